The molecule has 0 unspecified atom stereocenters. The van der Waals surface area contributed by atoms with Gasteiger partial charge in [0.2, 0.25) is 0 Å². The van der Waals surface area contributed by atoms with Gasteiger partial charge in [-0.25, -0.2) is 0 Å². The molecule has 0 aromatic heterocycles. The van der Waals surface area contributed by atoms with Crippen molar-refractivity contribution < 1.29 is 4.74 Å². The van der Waals surface area contributed by atoms with Gasteiger partial charge < -0.3 is 4.74 Å². The van der Waals surface area contributed by atoms with Gasteiger partial charge in [-0.05, 0) is 33.2 Å². The minimum atomic E-state index is 0.641. The van der Waals surface area contributed by atoms with Crippen LogP contribution in [0.1, 0.15) is 5.56 Å². The average molecular weight is 282 g/mol. The highest BCUT2D eigenvalue weighted by atomic mass is 16.5. The fourth-order valence-electron chi connectivity index (χ4n) is 3.53. The van der Waals surface area contributed by atoms with Gasteiger partial charge in [-0.1, -0.05) is 66.7 Å². The Morgan fingerprint density at radius 2 is 1.32 bits per heavy atom. The molecule has 1 nitrogen and oxygen atoms in total. The van der Waals surface area contributed by atoms with Crippen molar-refractivity contribution in [1.29, 1.82) is 0 Å². The Bertz CT molecular complexity index is 1030. The Kier molecular flexibility index (Phi) is 2.33. The van der Waals surface area contributed by atoms with Crippen LogP contribution in [0.25, 0.3) is 32.7 Å². The maximum absolute atomic E-state index is 6.07. The zero-order valence-electron chi connectivity index (χ0n) is 12.0. The molecule has 0 fully saturated rings. The van der Waals surface area contributed by atoms with Crippen molar-refractivity contribution in [3.63, 3.8) is 0 Å². The summed E-state index contributed by atoms with van der Waals surface area (Å²) in [6.45, 7) is 0.641. The standard InChI is InChI=1S/C21H14O/c1-3-7-16-14(5-1)9-11-18-19(16)13-22-20-12-10-15-6-2-4-8-17(15)21(18)20/h1-12H,13H2. The number of ether oxygens (including phenoxy) is 1. The first-order valence-electron chi connectivity index (χ1n) is 7.57. The van der Waals surface area contributed by atoms with E-state index in [1.165, 1.54) is 38.2 Å². The molecule has 22 heavy (non-hydrogen) atoms. The monoisotopic (exact) mass is 282 g/mol. The zero-order valence-corrected chi connectivity index (χ0v) is 12.0. The van der Waals surface area contributed by atoms with Gasteiger partial charge in [0.1, 0.15) is 12.4 Å². The maximum atomic E-state index is 6.07. The van der Waals surface area contributed by atoms with Crippen LogP contribution in [-0.4, -0.2) is 0 Å². The zero-order chi connectivity index (χ0) is 14.5. The molecule has 4 aromatic rings. The minimum absolute atomic E-state index is 0.641. The highest BCUT2D eigenvalue weighted by Gasteiger charge is 2.21. The van der Waals surface area contributed by atoms with Crippen LogP contribution in [0, 0.1) is 0 Å². The third kappa shape index (κ3) is 1.54. The molecule has 0 N–H and O–H groups in total. The summed E-state index contributed by atoms with van der Waals surface area (Å²) in [5.41, 5.74) is 3.82. The smallest absolute Gasteiger partial charge is 0.128 e. The third-order valence-corrected chi connectivity index (χ3v) is 4.57. The molecule has 0 atom stereocenters. The Labute approximate surface area is 128 Å². The summed E-state index contributed by atoms with van der Waals surface area (Å²) in [4.78, 5) is 0. The van der Waals surface area contributed by atoms with Crippen LogP contribution in [0.15, 0.2) is 72.8 Å². The predicted octanol–water partition coefficient (Wildman–Crippen LogP) is 5.55. The molecule has 0 saturated carbocycles. The molecule has 0 saturated heterocycles. The van der Waals surface area contributed by atoms with Crippen molar-refractivity contribution in [3.05, 3.63) is 78.4 Å². The highest BCUT2D eigenvalue weighted by molar-refractivity contribution is 6.04. The first-order valence-corrected chi connectivity index (χ1v) is 7.57. The van der Waals surface area contributed by atoms with Gasteiger partial charge in [0.25, 0.3) is 0 Å². The Morgan fingerprint density at radius 1 is 0.636 bits per heavy atom. The van der Waals surface area contributed by atoms with Gasteiger partial charge in [-0.15, -0.1) is 0 Å². The summed E-state index contributed by atoms with van der Waals surface area (Å²) in [5, 5.41) is 5.08. The molecule has 1 heterocycles. The predicted molar refractivity (Wildman–Crippen MR) is 91.2 cm³/mol. The lowest BCUT2D eigenvalue weighted by Crippen LogP contribution is -2.06. The van der Waals surface area contributed by atoms with Crippen LogP contribution >= 0.6 is 0 Å². The van der Waals surface area contributed by atoms with E-state index in [1.807, 2.05) is 0 Å². The van der Waals surface area contributed by atoms with E-state index in [-0.39, 0.29) is 0 Å². The van der Waals surface area contributed by atoms with E-state index < -0.39 is 0 Å². The molecule has 0 spiro atoms. The van der Waals surface area contributed by atoms with Crippen molar-refractivity contribution in [1.82, 2.24) is 0 Å². The molecular formula is C21H14O. The molecule has 5 rings (SSSR count). The first-order chi connectivity index (χ1) is 10.9. The van der Waals surface area contributed by atoms with E-state index in [0.29, 0.717) is 6.61 Å². The van der Waals surface area contributed by atoms with Gasteiger partial charge in [-0.3, -0.25) is 0 Å². The third-order valence-electron chi connectivity index (χ3n) is 4.57. The topological polar surface area (TPSA) is 9.23 Å². The average Bonchev–Trinajstić information content (AvgIpc) is 2.60. The second kappa shape index (κ2) is 4.35. The lowest BCUT2D eigenvalue weighted by molar-refractivity contribution is 0.304. The van der Waals surface area contributed by atoms with Gasteiger partial charge in [0.05, 0.1) is 0 Å². The van der Waals surface area contributed by atoms with E-state index in [4.69, 9.17) is 4.74 Å². The van der Waals surface area contributed by atoms with Crippen LogP contribution in [0.5, 0.6) is 5.75 Å². The van der Waals surface area contributed by atoms with E-state index in [9.17, 15) is 0 Å². The van der Waals surface area contributed by atoms with Crippen LogP contribution in [0.3, 0.4) is 0 Å². The Morgan fingerprint density at radius 3 is 2.18 bits per heavy atom. The number of hydrogen-bond donors (Lipinski definition) is 0. The first kappa shape index (κ1) is 11.8. The summed E-state index contributed by atoms with van der Waals surface area (Å²) in [6, 6.07) is 25.7. The number of fused-ring (bicyclic) bond motifs is 7. The summed E-state index contributed by atoms with van der Waals surface area (Å²) >= 11 is 0. The molecular weight excluding hydrogens is 268 g/mol. The van der Waals surface area contributed by atoms with Gasteiger partial charge in [-0.2, -0.15) is 0 Å². The number of hydrogen-bond acceptors (Lipinski definition) is 1. The molecule has 104 valence electrons. The lowest BCUT2D eigenvalue weighted by Gasteiger charge is -2.23. The largest absolute Gasteiger partial charge is 0.488 e. The van der Waals surface area contributed by atoms with E-state index in [2.05, 4.69) is 72.8 Å². The van der Waals surface area contributed by atoms with Crippen molar-refractivity contribution >= 4 is 21.5 Å². The molecule has 0 amide bonds. The van der Waals surface area contributed by atoms with Crippen molar-refractivity contribution in [2.45, 2.75) is 6.61 Å². The molecule has 1 aliphatic heterocycles. The van der Waals surface area contributed by atoms with Gasteiger partial charge in [0, 0.05) is 11.1 Å². The molecule has 0 aliphatic carbocycles. The highest BCUT2D eigenvalue weighted by Crippen LogP contribution is 2.44. The second-order valence-electron chi connectivity index (χ2n) is 5.76. The van der Waals surface area contributed by atoms with E-state index in [0.717, 1.165) is 5.75 Å². The van der Waals surface area contributed by atoms with E-state index in [1.54, 1.807) is 0 Å². The maximum Gasteiger partial charge on any atom is 0.128 e. The summed E-state index contributed by atoms with van der Waals surface area (Å²) in [5.74, 6) is 0.987. The van der Waals surface area contributed by atoms with E-state index >= 15 is 0 Å². The summed E-state index contributed by atoms with van der Waals surface area (Å²) in [7, 11) is 0. The molecule has 0 bridgehead atoms. The van der Waals surface area contributed by atoms with Gasteiger partial charge in [0.15, 0.2) is 0 Å². The lowest BCUT2D eigenvalue weighted by atomic mass is 9.89. The Hall–Kier alpha value is -2.80. The van der Waals surface area contributed by atoms with Crippen LogP contribution in [0.4, 0.5) is 0 Å². The molecule has 1 aliphatic rings. The fourth-order valence-corrected chi connectivity index (χ4v) is 3.53. The molecule has 1 heteroatoms. The SMILES string of the molecule is c1ccc2c3c(ccc2c1)-c1c(ccc2ccccc12)OC3. The molecule has 4 aromatic carbocycles. The summed E-state index contributed by atoms with van der Waals surface area (Å²) in [6.07, 6.45) is 0. The van der Waals surface area contributed by atoms with Crippen LogP contribution < -0.4 is 4.74 Å². The molecule has 0 radical (unpaired) electrons. The number of benzene rings is 4. The van der Waals surface area contributed by atoms with Crippen molar-refractivity contribution in [2.24, 2.45) is 0 Å². The number of rotatable bonds is 0. The van der Waals surface area contributed by atoms with Crippen molar-refractivity contribution in [3.8, 4) is 16.9 Å². The van der Waals surface area contributed by atoms with Crippen LogP contribution in [0.2, 0.25) is 0 Å². The Balaban J connectivity index is 1.93. The second-order valence-corrected chi connectivity index (χ2v) is 5.76. The quantitative estimate of drug-likeness (QED) is 0.410. The fraction of sp³-hybridized carbons (Fsp3) is 0.0476. The normalized spacial score (nSPS) is 12.7. The van der Waals surface area contributed by atoms with Crippen LogP contribution in [-0.2, 0) is 6.61 Å². The minimum Gasteiger partial charge on any atom is -0.488 e. The summed E-state index contributed by atoms with van der Waals surface area (Å²) < 4.78 is 6.07. The van der Waals surface area contributed by atoms with Crippen molar-refractivity contribution in [2.75, 3.05) is 0 Å². The van der Waals surface area contributed by atoms with Gasteiger partial charge >= 0.3 is 0 Å².